The van der Waals surface area contributed by atoms with Crippen LogP contribution in [0, 0.1) is 0 Å². The van der Waals surface area contributed by atoms with Crippen molar-refractivity contribution in [3.63, 3.8) is 0 Å². The molecule has 19 heavy (non-hydrogen) atoms. The summed E-state index contributed by atoms with van der Waals surface area (Å²) in [4.78, 5) is 12.6. The van der Waals surface area contributed by atoms with Gasteiger partial charge in [-0.2, -0.15) is 0 Å². The second-order valence-electron chi connectivity index (χ2n) is 4.42. The van der Waals surface area contributed by atoms with Crippen molar-refractivity contribution >= 4 is 11.8 Å². The van der Waals surface area contributed by atoms with Gasteiger partial charge in [0.25, 0.3) is 0 Å². The first kappa shape index (κ1) is 13.9. The molecule has 1 aromatic heterocycles. The van der Waals surface area contributed by atoms with E-state index >= 15 is 0 Å². The largest absolute Gasteiger partial charge is 0.343 e. The van der Waals surface area contributed by atoms with Gasteiger partial charge in [0, 0.05) is 17.5 Å². The number of hydrogen-bond acceptors (Lipinski definition) is 4. The lowest BCUT2D eigenvalue weighted by Crippen LogP contribution is -2.17. The minimum atomic E-state index is -0.156. The fraction of sp³-hybridized carbons (Fsp3) is 0.385. The zero-order valence-electron chi connectivity index (χ0n) is 11.1. The fourth-order valence-corrected chi connectivity index (χ4v) is 2.61. The summed E-state index contributed by atoms with van der Waals surface area (Å²) in [5, 5.41) is 7.23. The Bertz CT molecular complexity index is 585. The topological polar surface area (TPSA) is 76.7 Å². The van der Waals surface area contributed by atoms with Crippen molar-refractivity contribution in [1.82, 2.24) is 14.8 Å². The van der Waals surface area contributed by atoms with Crippen molar-refractivity contribution in [2.75, 3.05) is 0 Å². The Labute approximate surface area is 116 Å². The van der Waals surface area contributed by atoms with E-state index < -0.39 is 0 Å². The van der Waals surface area contributed by atoms with Gasteiger partial charge in [0.2, 0.25) is 0 Å². The van der Waals surface area contributed by atoms with Crippen LogP contribution in [0.3, 0.4) is 0 Å². The van der Waals surface area contributed by atoms with E-state index in [0.29, 0.717) is 11.7 Å². The molecular weight excluding hydrogens is 260 g/mol. The van der Waals surface area contributed by atoms with Gasteiger partial charge >= 0.3 is 5.69 Å². The Balaban J connectivity index is 2.19. The normalized spacial score (nSPS) is 12.6. The molecule has 0 amide bonds. The monoisotopic (exact) mass is 278 g/mol. The SMILES string of the molecule is CCCn1c(Sc2ccc([C@@H](C)N)cc2)n[nH]c1=O. The summed E-state index contributed by atoms with van der Waals surface area (Å²) < 4.78 is 1.66. The maximum atomic E-state index is 11.6. The minimum absolute atomic E-state index is 0.0303. The first-order valence-corrected chi connectivity index (χ1v) is 7.12. The van der Waals surface area contributed by atoms with E-state index in [-0.39, 0.29) is 11.7 Å². The maximum absolute atomic E-state index is 11.6. The molecular formula is C13H18N4OS. The molecule has 5 nitrogen and oxygen atoms in total. The van der Waals surface area contributed by atoms with Gasteiger partial charge in [0.1, 0.15) is 0 Å². The summed E-state index contributed by atoms with van der Waals surface area (Å²) in [6.07, 6.45) is 0.899. The summed E-state index contributed by atoms with van der Waals surface area (Å²) in [5.41, 5.74) is 6.75. The summed E-state index contributed by atoms with van der Waals surface area (Å²) in [5.74, 6) is 0. The molecule has 0 spiro atoms. The van der Waals surface area contributed by atoms with E-state index in [1.807, 2.05) is 38.1 Å². The molecule has 102 valence electrons. The molecule has 1 aromatic carbocycles. The Kier molecular flexibility index (Phi) is 4.44. The second kappa shape index (κ2) is 6.08. The van der Waals surface area contributed by atoms with Crippen LogP contribution in [-0.2, 0) is 6.54 Å². The number of nitrogens with zero attached hydrogens (tertiary/aromatic N) is 2. The van der Waals surface area contributed by atoms with Gasteiger partial charge in [-0.25, -0.2) is 9.89 Å². The average Bonchev–Trinajstić information content (AvgIpc) is 2.73. The van der Waals surface area contributed by atoms with Crippen LogP contribution in [0.15, 0.2) is 39.1 Å². The zero-order valence-corrected chi connectivity index (χ0v) is 11.9. The molecule has 0 saturated heterocycles. The van der Waals surface area contributed by atoms with Gasteiger partial charge in [-0.05, 0) is 42.8 Å². The molecule has 2 rings (SSSR count). The molecule has 0 aliphatic carbocycles. The van der Waals surface area contributed by atoms with E-state index in [1.54, 1.807) is 4.57 Å². The molecule has 1 atom stereocenters. The van der Waals surface area contributed by atoms with Gasteiger partial charge in [-0.3, -0.25) is 4.57 Å². The lowest BCUT2D eigenvalue weighted by molar-refractivity contribution is 0.604. The van der Waals surface area contributed by atoms with Crippen LogP contribution in [0.4, 0.5) is 0 Å². The number of benzene rings is 1. The van der Waals surface area contributed by atoms with Gasteiger partial charge in [-0.1, -0.05) is 19.1 Å². The van der Waals surface area contributed by atoms with Crippen molar-refractivity contribution in [2.45, 2.75) is 42.9 Å². The Morgan fingerprint density at radius 3 is 2.68 bits per heavy atom. The maximum Gasteiger partial charge on any atom is 0.343 e. The molecule has 0 fully saturated rings. The number of rotatable bonds is 5. The highest BCUT2D eigenvalue weighted by molar-refractivity contribution is 7.99. The summed E-state index contributed by atoms with van der Waals surface area (Å²) >= 11 is 1.48. The lowest BCUT2D eigenvalue weighted by atomic mass is 10.1. The fourth-order valence-electron chi connectivity index (χ4n) is 1.75. The van der Waals surface area contributed by atoms with Gasteiger partial charge in [-0.15, -0.1) is 5.10 Å². The van der Waals surface area contributed by atoms with Gasteiger partial charge < -0.3 is 5.73 Å². The molecule has 3 N–H and O–H groups in total. The zero-order chi connectivity index (χ0) is 13.8. The summed E-state index contributed by atoms with van der Waals surface area (Å²) in [6, 6.07) is 8.03. The number of hydrogen-bond donors (Lipinski definition) is 2. The van der Waals surface area contributed by atoms with Crippen molar-refractivity contribution in [1.29, 1.82) is 0 Å². The molecule has 0 radical (unpaired) electrons. The summed E-state index contributed by atoms with van der Waals surface area (Å²) in [7, 11) is 0. The van der Waals surface area contributed by atoms with Crippen LogP contribution < -0.4 is 11.4 Å². The summed E-state index contributed by atoms with van der Waals surface area (Å²) in [6.45, 7) is 4.66. The molecule has 0 bridgehead atoms. The smallest absolute Gasteiger partial charge is 0.324 e. The molecule has 6 heteroatoms. The third-order valence-corrected chi connectivity index (χ3v) is 3.79. The highest BCUT2D eigenvalue weighted by atomic mass is 32.2. The van der Waals surface area contributed by atoms with E-state index in [2.05, 4.69) is 10.2 Å². The predicted octanol–water partition coefficient (Wildman–Crippen LogP) is 2.15. The number of nitrogens with one attached hydrogen (secondary N) is 1. The number of aromatic nitrogens is 3. The minimum Gasteiger partial charge on any atom is -0.324 e. The van der Waals surface area contributed by atoms with E-state index in [0.717, 1.165) is 16.9 Å². The van der Waals surface area contributed by atoms with Crippen molar-refractivity contribution in [2.24, 2.45) is 5.73 Å². The standard InChI is InChI=1S/C13H18N4OS/c1-3-8-17-12(18)15-16-13(17)19-11-6-4-10(5-7-11)9(2)14/h4-7,9H,3,8,14H2,1-2H3,(H,15,18)/t9-/m1/s1. The predicted molar refractivity (Wildman–Crippen MR) is 76.3 cm³/mol. The van der Waals surface area contributed by atoms with Crippen LogP contribution in [0.2, 0.25) is 0 Å². The Hall–Kier alpha value is -1.53. The first-order valence-electron chi connectivity index (χ1n) is 6.30. The molecule has 0 unspecified atom stereocenters. The van der Waals surface area contributed by atoms with Crippen molar-refractivity contribution in [3.8, 4) is 0 Å². The third-order valence-electron chi connectivity index (χ3n) is 2.79. The average molecular weight is 278 g/mol. The van der Waals surface area contributed by atoms with Crippen molar-refractivity contribution in [3.05, 3.63) is 40.3 Å². The molecule has 2 aromatic rings. The van der Waals surface area contributed by atoms with Gasteiger partial charge in [0.15, 0.2) is 5.16 Å². The molecule has 0 aliphatic heterocycles. The van der Waals surface area contributed by atoms with Gasteiger partial charge in [0.05, 0.1) is 0 Å². The number of aromatic amines is 1. The quantitative estimate of drug-likeness (QED) is 0.878. The number of H-pyrrole nitrogens is 1. The molecule has 0 aliphatic rings. The van der Waals surface area contributed by atoms with E-state index in [9.17, 15) is 4.79 Å². The van der Waals surface area contributed by atoms with Crippen molar-refractivity contribution < 1.29 is 0 Å². The Morgan fingerprint density at radius 1 is 1.42 bits per heavy atom. The highest BCUT2D eigenvalue weighted by Gasteiger charge is 2.09. The first-order chi connectivity index (χ1) is 9.11. The van der Waals surface area contributed by atoms with Crippen LogP contribution in [0.25, 0.3) is 0 Å². The van der Waals surface area contributed by atoms with Crippen LogP contribution in [0.1, 0.15) is 31.9 Å². The lowest BCUT2D eigenvalue weighted by Gasteiger charge is -2.07. The number of nitrogens with two attached hydrogens (primary N) is 1. The highest BCUT2D eigenvalue weighted by Crippen LogP contribution is 2.26. The Morgan fingerprint density at radius 2 is 2.11 bits per heavy atom. The van der Waals surface area contributed by atoms with Crippen LogP contribution in [0.5, 0.6) is 0 Å². The van der Waals surface area contributed by atoms with Crippen LogP contribution in [-0.4, -0.2) is 14.8 Å². The van der Waals surface area contributed by atoms with E-state index in [4.69, 9.17) is 5.73 Å². The van der Waals surface area contributed by atoms with E-state index in [1.165, 1.54) is 11.8 Å². The molecule has 1 heterocycles. The third kappa shape index (κ3) is 3.27. The molecule has 0 saturated carbocycles. The van der Waals surface area contributed by atoms with Crippen LogP contribution >= 0.6 is 11.8 Å². The second-order valence-corrected chi connectivity index (χ2v) is 5.46.